The lowest BCUT2D eigenvalue weighted by Crippen LogP contribution is -2.13. The molecule has 0 aliphatic carbocycles. The standard InChI is InChI=1S/C18H19NO/c1-11-8-13(3)15(9-12(11)2)18(19)16-10-20-17-7-5-4-6-14(16)17/h4-10,18H,19H2,1-3H3. The zero-order chi connectivity index (χ0) is 14.3. The van der Waals surface area contributed by atoms with Gasteiger partial charge in [-0.05, 0) is 49.1 Å². The highest BCUT2D eigenvalue weighted by Gasteiger charge is 2.17. The maximum absolute atomic E-state index is 6.49. The Morgan fingerprint density at radius 2 is 1.60 bits per heavy atom. The highest BCUT2D eigenvalue weighted by Crippen LogP contribution is 2.31. The van der Waals surface area contributed by atoms with Crippen LogP contribution in [-0.2, 0) is 0 Å². The van der Waals surface area contributed by atoms with Gasteiger partial charge in [0.15, 0.2) is 0 Å². The lowest BCUT2D eigenvalue weighted by Gasteiger charge is -2.16. The minimum absolute atomic E-state index is 0.155. The zero-order valence-electron chi connectivity index (χ0n) is 12.1. The van der Waals surface area contributed by atoms with Gasteiger partial charge in [0.05, 0.1) is 12.3 Å². The van der Waals surface area contributed by atoms with Gasteiger partial charge in [-0.1, -0.05) is 30.3 Å². The highest BCUT2D eigenvalue weighted by atomic mass is 16.3. The quantitative estimate of drug-likeness (QED) is 0.745. The molecule has 0 saturated heterocycles. The maximum Gasteiger partial charge on any atom is 0.134 e. The Balaban J connectivity index is 2.13. The summed E-state index contributed by atoms with van der Waals surface area (Å²) in [5.41, 5.74) is 13.4. The third-order valence-corrected chi connectivity index (χ3v) is 4.06. The second-order valence-electron chi connectivity index (χ2n) is 5.46. The van der Waals surface area contributed by atoms with Crippen molar-refractivity contribution in [2.24, 2.45) is 5.73 Å². The van der Waals surface area contributed by atoms with Crippen LogP contribution in [0, 0.1) is 20.8 Å². The molecule has 0 bridgehead atoms. The molecule has 1 heterocycles. The first-order valence-corrected chi connectivity index (χ1v) is 6.87. The van der Waals surface area contributed by atoms with Gasteiger partial charge in [0.25, 0.3) is 0 Å². The number of nitrogens with two attached hydrogens (primary N) is 1. The summed E-state index contributed by atoms with van der Waals surface area (Å²) in [5.74, 6) is 0. The molecule has 3 aromatic rings. The van der Waals surface area contributed by atoms with Gasteiger partial charge < -0.3 is 10.2 Å². The van der Waals surface area contributed by atoms with E-state index in [1.54, 1.807) is 6.26 Å². The lowest BCUT2D eigenvalue weighted by molar-refractivity contribution is 0.607. The van der Waals surface area contributed by atoms with Crippen molar-refractivity contribution in [3.63, 3.8) is 0 Å². The van der Waals surface area contributed by atoms with Crippen molar-refractivity contribution >= 4 is 11.0 Å². The van der Waals surface area contributed by atoms with Crippen LogP contribution in [0.25, 0.3) is 11.0 Å². The summed E-state index contributed by atoms with van der Waals surface area (Å²) >= 11 is 0. The summed E-state index contributed by atoms with van der Waals surface area (Å²) < 4.78 is 5.61. The Morgan fingerprint density at radius 3 is 2.40 bits per heavy atom. The van der Waals surface area contributed by atoms with Crippen molar-refractivity contribution in [3.8, 4) is 0 Å². The van der Waals surface area contributed by atoms with Crippen LogP contribution in [0.4, 0.5) is 0 Å². The van der Waals surface area contributed by atoms with E-state index in [0.717, 1.165) is 16.5 Å². The normalized spacial score (nSPS) is 12.8. The second-order valence-corrected chi connectivity index (χ2v) is 5.46. The Labute approximate surface area is 119 Å². The predicted molar refractivity (Wildman–Crippen MR) is 82.9 cm³/mol. The van der Waals surface area contributed by atoms with Gasteiger partial charge in [0, 0.05) is 10.9 Å². The number of aryl methyl sites for hydroxylation is 3. The van der Waals surface area contributed by atoms with E-state index in [9.17, 15) is 0 Å². The molecule has 3 rings (SSSR count). The number of fused-ring (bicyclic) bond motifs is 1. The SMILES string of the molecule is Cc1cc(C)c(C(N)c2coc3ccccc23)cc1C. The summed E-state index contributed by atoms with van der Waals surface area (Å²) in [5, 5.41) is 1.10. The van der Waals surface area contributed by atoms with E-state index in [2.05, 4.69) is 39.0 Å². The van der Waals surface area contributed by atoms with Crippen molar-refractivity contribution in [1.29, 1.82) is 0 Å². The number of hydrogen-bond donors (Lipinski definition) is 1. The molecule has 1 atom stereocenters. The molecule has 1 aromatic heterocycles. The number of furan rings is 1. The number of rotatable bonds is 2. The first kappa shape index (κ1) is 12.9. The van der Waals surface area contributed by atoms with Crippen LogP contribution in [-0.4, -0.2) is 0 Å². The summed E-state index contributed by atoms with van der Waals surface area (Å²) in [7, 11) is 0. The van der Waals surface area contributed by atoms with Gasteiger partial charge >= 0.3 is 0 Å². The van der Waals surface area contributed by atoms with Crippen LogP contribution in [0.5, 0.6) is 0 Å². The fourth-order valence-corrected chi connectivity index (χ4v) is 2.72. The second kappa shape index (κ2) is 4.80. The molecule has 0 radical (unpaired) electrons. The molecule has 102 valence electrons. The van der Waals surface area contributed by atoms with Gasteiger partial charge in [-0.15, -0.1) is 0 Å². The average molecular weight is 265 g/mol. The van der Waals surface area contributed by atoms with Gasteiger partial charge in [-0.2, -0.15) is 0 Å². The molecule has 0 spiro atoms. The number of para-hydroxylation sites is 1. The van der Waals surface area contributed by atoms with Crippen LogP contribution < -0.4 is 5.73 Å². The Bertz CT molecular complexity index is 770. The van der Waals surface area contributed by atoms with Crippen molar-refractivity contribution in [3.05, 3.63) is 70.5 Å². The molecular weight excluding hydrogens is 246 g/mol. The van der Waals surface area contributed by atoms with Gasteiger partial charge in [0.2, 0.25) is 0 Å². The topological polar surface area (TPSA) is 39.2 Å². The number of hydrogen-bond acceptors (Lipinski definition) is 2. The van der Waals surface area contributed by atoms with E-state index in [0.29, 0.717) is 0 Å². The molecule has 0 saturated carbocycles. The van der Waals surface area contributed by atoms with E-state index in [4.69, 9.17) is 10.2 Å². The molecule has 2 nitrogen and oxygen atoms in total. The van der Waals surface area contributed by atoms with Crippen molar-refractivity contribution in [2.45, 2.75) is 26.8 Å². The predicted octanol–water partition coefficient (Wildman–Crippen LogP) is 4.41. The summed E-state index contributed by atoms with van der Waals surface area (Å²) in [4.78, 5) is 0. The molecule has 20 heavy (non-hydrogen) atoms. The van der Waals surface area contributed by atoms with E-state index in [1.165, 1.54) is 22.3 Å². The van der Waals surface area contributed by atoms with Crippen molar-refractivity contribution in [2.75, 3.05) is 0 Å². The molecular formula is C18H19NO. The molecule has 0 fully saturated rings. The van der Waals surface area contributed by atoms with Crippen molar-refractivity contribution < 1.29 is 4.42 Å². The van der Waals surface area contributed by atoms with E-state index < -0.39 is 0 Å². The van der Waals surface area contributed by atoms with Gasteiger partial charge in [0.1, 0.15) is 5.58 Å². The number of benzene rings is 2. The highest BCUT2D eigenvalue weighted by molar-refractivity contribution is 5.82. The largest absolute Gasteiger partial charge is 0.464 e. The molecule has 2 heteroatoms. The maximum atomic E-state index is 6.49. The van der Waals surface area contributed by atoms with Gasteiger partial charge in [-0.3, -0.25) is 0 Å². The summed E-state index contributed by atoms with van der Waals surface area (Å²) in [6.45, 7) is 6.37. The molecule has 2 N–H and O–H groups in total. The smallest absolute Gasteiger partial charge is 0.134 e. The Morgan fingerprint density at radius 1 is 0.900 bits per heavy atom. The first-order valence-electron chi connectivity index (χ1n) is 6.87. The third-order valence-electron chi connectivity index (χ3n) is 4.06. The summed E-state index contributed by atoms with van der Waals surface area (Å²) in [6, 6.07) is 12.3. The summed E-state index contributed by atoms with van der Waals surface area (Å²) in [6.07, 6.45) is 1.78. The molecule has 0 amide bonds. The molecule has 2 aromatic carbocycles. The van der Waals surface area contributed by atoms with E-state index >= 15 is 0 Å². The fourth-order valence-electron chi connectivity index (χ4n) is 2.72. The van der Waals surface area contributed by atoms with Crippen LogP contribution in [0.15, 0.2) is 47.1 Å². The van der Waals surface area contributed by atoms with Crippen LogP contribution >= 0.6 is 0 Å². The monoisotopic (exact) mass is 265 g/mol. The van der Waals surface area contributed by atoms with Crippen molar-refractivity contribution in [1.82, 2.24) is 0 Å². The van der Waals surface area contributed by atoms with Crippen LogP contribution in [0.1, 0.15) is 33.9 Å². The van der Waals surface area contributed by atoms with Crippen LogP contribution in [0.3, 0.4) is 0 Å². The molecule has 1 unspecified atom stereocenters. The van der Waals surface area contributed by atoms with E-state index in [1.807, 2.05) is 18.2 Å². The van der Waals surface area contributed by atoms with Gasteiger partial charge in [-0.25, -0.2) is 0 Å². The third kappa shape index (κ3) is 2.02. The fraction of sp³-hybridized carbons (Fsp3) is 0.222. The molecule has 0 aliphatic heterocycles. The molecule has 0 aliphatic rings. The Hall–Kier alpha value is -2.06. The minimum atomic E-state index is -0.155. The average Bonchev–Trinajstić information content (AvgIpc) is 2.86. The first-order chi connectivity index (χ1) is 9.58. The lowest BCUT2D eigenvalue weighted by atomic mass is 9.92. The zero-order valence-corrected chi connectivity index (χ0v) is 12.1. The van der Waals surface area contributed by atoms with Crippen LogP contribution in [0.2, 0.25) is 0 Å². The Kier molecular flexibility index (Phi) is 3.11. The van der Waals surface area contributed by atoms with E-state index in [-0.39, 0.29) is 6.04 Å². The minimum Gasteiger partial charge on any atom is -0.464 e.